The predicted octanol–water partition coefficient (Wildman–Crippen LogP) is 2.45. The van der Waals surface area contributed by atoms with Gasteiger partial charge in [-0.1, -0.05) is 0 Å². The average molecular weight is 443 g/mol. The molecule has 1 fully saturated rings. The van der Waals surface area contributed by atoms with Crippen molar-refractivity contribution in [1.29, 1.82) is 0 Å². The quantitative estimate of drug-likeness (QED) is 0.238. The molecule has 2 amide bonds. The standard InChI is InChI=1S/C20H17N3O7S/c1-28-13-6-4-12(5-7-13)22-19(25)14(18(24)21-20(22)31)8-11-9-15(23(26)27)17(30-3)10-16(11)29-2/h4-10H,1-3H3,(H,21,24,31)/b14-8+. The van der Waals surface area contributed by atoms with Gasteiger partial charge in [0.2, 0.25) is 5.75 Å². The van der Waals surface area contributed by atoms with Gasteiger partial charge in [0.25, 0.3) is 11.8 Å². The second kappa shape index (κ2) is 8.79. The fourth-order valence-electron chi connectivity index (χ4n) is 2.94. The molecule has 10 nitrogen and oxygen atoms in total. The molecule has 160 valence electrons. The minimum absolute atomic E-state index is 0.0236. The highest BCUT2D eigenvalue weighted by Gasteiger charge is 2.35. The maximum atomic E-state index is 13.1. The Morgan fingerprint density at radius 2 is 1.68 bits per heavy atom. The average Bonchev–Trinajstić information content (AvgIpc) is 2.76. The molecular weight excluding hydrogens is 426 g/mol. The Labute approximate surface area is 182 Å². The highest BCUT2D eigenvalue weighted by atomic mass is 32.1. The first kappa shape index (κ1) is 21.7. The summed E-state index contributed by atoms with van der Waals surface area (Å²) in [5, 5.41) is 13.7. The minimum atomic E-state index is -0.736. The van der Waals surface area contributed by atoms with Crippen LogP contribution in [0.25, 0.3) is 6.08 Å². The summed E-state index contributed by atoms with van der Waals surface area (Å²) < 4.78 is 15.4. The Morgan fingerprint density at radius 1 is 1.03 bits per heavy atom. The summed E-state index contributed by atoms with van der Waals surface area (Å²) in [6, 6.07) is 8.97. The molecule has 11 heteroatoms. The molecule has 1 saturated heterocycles. The molecule has 0 aromatic heterocycles. The summed E-state index contributed by atoms with van der Waals surface area (Å²) in [5.41, 5.74) is -0.0612. The van der Waals surface area contributed by atoms with Gasteiger partial charge >= 0.3 is 5.69 Å². The van der Waals surface area contributed by atoms with E-state index in [-0.39, 0.29) is 33.4 Å². The van der Waals surface area contributed by atoms with Crippen LogP contribution in [0, 0.1) is 10.1 Å². The van der Waals surface area contributed by atoms with E-state index in [1.807, 2.05) is 0 Å². The third kappa shape index (κ3) is 4.16. The number of hydrogen-bond donors (Lipinski definition) is 1. The maximum absolute atomic E-state index is 13.1. The van der Waals surface area contributed by atoms with E-state index >= 15 is 0 Å². The van der Waals surface area contributed by atoms with Crippen molar-refractivity contribution in [3.63, 3.8) is 0 Å². The van der Waals surface area contributed by atoms with Gasteiger partial charge in [0.05, 0.1) is 31.9 Å². The van der Waals surface area contributed by atoms with Gasteiger partial charge in [0.15, 0.2) is 5.11 Å². The highest BCUT2D eigenvalue weighted by Crippen LogP contribution is 2.36. The van der Waals surface area contributed by atoms with Crippen LogP contribution in [-0.4, -0.2) is 43.2 Å². The first-order chi connectivity index (χ1) is 14.8. The molecule has 2 aromatic rings. The number of thiocarbonyl (C=S) groups is 1. The topological polar surface area (TPSA) is 120 Å². The van der Waals surface area contributed by atoms with Gasteiger partial charge in [-0.15, -0.1) is 0 Å². The molecule has 1 aliphatic rings. The fourth-order valence-corrected chi connectivity index (χ4v) is 3.22. The van der Waals surface area contributed by atoms with Crippen LogP contribution < -0.4 is 24.4 Å². The van der Waals surface area contributed by atoms with E-state index in [1.54, 1.807) is 24.3 Å². The lowest BCUT2D eigenvalue weighted by Gasteiger charge is -2.29. The number of nitrogens with zero attached hydrogens (tertiary/aromatic N) is 2. The monoisotopic (exact) mass is 443 g/mol. The minimum Gasteiger partial charge on any atom is -0.497 e. The molecule has 0 saturated carbocycles. The van der Waals surface area contributed by atoms with Crippen molar-refractivity contribution in [2.75, 3.05) is 26.2 Å². The number of methoxy groups -OCH3 is 3. The van der Waals surface area contributed by atoms with Crippen LogP contribution in [0.3, 0.4) is 0 Å². The number of rotatable bonds is 6. The second-order valence-corrected chi connectivity index (χ2v) is 6.57. The third-order valence-corrected chi connectivity index (χ3v) is 4.74. The predicted molar refractivity (Wildman–Crippen MR) is 115 cm³/mol. The number of benzene rings is 2. The summed E-state index contributed by atoms with van der Waals surface area (Å²) in [7, 11) is 4.14. The zero-order valence-corrected chi connectivity index (χ0v) is 17.5. The number of carbonyl (C=O) groups is 2. The summed E-state index contributed by atoms with van der Waals surface area (Å²) in [5.74, 6) is -0.696. The lowest BCUT2D eigenvalue weighted by Crippen LogP contribution is -2.54. The molecule has 3 rings (SSSR count). The zero-order valence-electron chi connectivity index (χ0n) is 16.7. The molecule has 1 aliphatic heterocycles. The smallest absolute Gasteiger partial charge is 0.311 e. The summed E-state index contributed by atoms with van der Waals surface area (Å²) >= 11 is 5.16. The number of hydrogen-bond acceptors (Lipinski definition) is 8. The Morgan fingerprint density at radius 3 is 2.23 bits per heavy atom. The maximum Gasteiger partial charge on any atom is 0.311 e. The Bertz CT molecular complexity index is 1110. The molecule has 2 aromatic carbocycles. The first-order valence-corrected chi connectivity index (χ1v) is 9.17. The Balaban J connectivity index is 2.09. The van der Waals surface area contributed by atoms with Crippen molar-refractivity contribution < 1.29 is 28.7 Å². The molecule has 1 heterocycles. The van der Waals surface area contributed by atoms with Gasteiger partial charge in [-0.25, -0.2) is 0 Å². The van der Waals surface area contributed by atoms with Crippen LogP contribution in [0.2, 0.25) is 0 Å². The van der Waals surface area contributed by atoms with Gasteiger partial charge in [-0.2, -0.15) is 0 Å². The van der Waals surface area contributed by atoms with Crippen molar-refractivity contribution in [3.05, 3.63) is 57.6 Å². The zero-order chi connectivity index (χ0) is 22.7. The van der Waals surface area contributed by atoms with Gasteiger partial charge in [-0.05, 0) is 42.6 Å². The molecule has 0 bridgehead atoms. The van der Waals surface area contributed by atoms with Crippen molar-refractivity contribution in [2.24, 2.45) is 0 Å². The number of anilines is 1. The Kier molecular flexibility index (Phi) is 6.16. The number of carbonyl (C=O) groups excluding carboxylic acids is 2. The van der Waals surface area contributed by atoms with Crippen molar-refractivity contribution in [1.82, 2.24) is 5.32 Å². The highest BCUT2D eigenvalue weighted by molar-refractivity contribution is 7.80. The molecule has 0 radical (unpaired) electrons. The van der Waals surface area contributed by atoms with E-state index in [4.69, 9.17) is 26.4 Å². The normalized spacial score (nSPS) is 15.0. The van der Waals surface area contributed by atoms with E-state index in [2.05, 4.69) is 5.32 Å². The van der Waals surface area contributed by atoms with Crippen LogP contribution in [0.1, 0.15) is 5.56 Å². The lowest BCUT2D eigenvalue weighted by atomic mass is 10.0. The number of nitro benzene ring substituents is 1. The number of nitro groups is 1. The second-order valence-electron chi connectivity index (χ2n) is 6.18. The van der Waals surface area contributed by atoms with Crippen LogP contribution in [-0.2, 0) is 9.59 Å². The lowest BCUT2D eigenvalue weighted by molar-refractivity contribution is -0.385. The van der Waals surface area contributed by atoms with Crippen LogP contribution in [0.4, 0.5) is 11.4 Å². The third-order valence-electron chi connectivity index (χ3n) is 4.46. The SMILES string of the molecule is COc1ccc(N2C(=O)/C(=C/c3cc([N+](=O)[O-])c(OC)cc3OC)C(=O)NC2=S)cc1. The van der Waals surface area contributed by atoms with Gasteiger partial charge in [0.1, 0.15) is 17.1 Å². The van der Waals surface area contributed by atoms with E-state index < -0.39 is 16.7 Å². The molecule has 31 heavy (non-hydrogen) atoms. The molecule has 0 spiro atoms. The van der Waals surface area contributed by atoms with Crippen LogP contribution >= 0.6 is 12.2 Å². The molecular formula is C20H17N3O7S. The van der Waals surface area contributed by atoms with E-state index in [0.29, 0.717) is 11.4 Å². The number of nitrogens with one attached hydrogen (secondary N) is 1. The van der Waals surface area contributed by atoms with Crippen LogP contribution in [0.5, 0.6) is 17.2 Å². The number of ether oxygens (including phenoxy) is 3. The summed E-state index contributed by atoms with van der Waals surface area (Å²) in [4.78, 5) is 37.5. The molecule has 0 atom stereocenters. The first-order valence-electron chi connectivity index (χ1n) is 8.76. The molecule has 1 N–H and O–H groups in total. The van der Waals surface area contributed by atoms with Gasteiger partial charge in [0, 0.05) is 17.7 Å². The Hall–Kier alpha value is -3.99. The van der Waals surface area contributed by atoms with Gasteiger partial charge in [-0.3, -0.25) is 29.9 Å². The summed E-state index contributed by atoms with van der Waals surface area (Å²) in [6.07, 6.45) is 1.21. The van der Waals surface area contributed by atoms with Crippen molar-refractivity contribution >= 4 is 46.6 Å². The van der Waals surface area contributed by atoms with Gasteiger partial charge < -0.3 is 14.2 Å². The summed E-state index contributed by atoms with van der Waals surface area (Å²) in [6.45, 7) is 0. The molecule has 0 aliphatic carbocycles. The molecule has 0 unspecified atom stereocenters. The van der Waals surface area contributed by atoms with E-state index in [9.17, 15) is 19.7 Å². The van der Waals surface area contributed by atoms with Crippen molar-refractivity contribution in [3.8, 4) is 17.2 Å². The van der Waals surface area contributed by atoms with E-state index in [0.717, 1.165) is 11.0 Å². The number of amides is 2. The van der Waals surface area contributed by atoms with Crippen molar-refractivity contribution in [2.45, 2.75) is 0 Å². The van der Waals surface area contributed by atoms with E-state index in [1.165, 1.54) is 33.5 Å². The van der Waals surface area contributed by atoms with Crippen LogP contribution in [0.15, 0.2) is 42.0 Å². The fraction of sp³-hybridized carbons (Fsp3) is 0.150. The largest absolute Gasteiger partial charge is 0.497 e.